The van der Waals surface area contributed by atoms with E-state index in [4.69, 9.17) is 4.98 Å². The highest BCUT2D eigenvalue weighted by molar-refractivity contribution is 7.70. The summed E-state index contributed by atoms with van der Waals surface area (Å²) in [6, 6.07) is 6.48. The molecular formula is C23H30N5OP. The molecule has 3 N–H and O–H groups in total. The van der Waals surface area contributed by atoms with Gasteiger partial charge in [-0.15, -0.1) is 0 Å². The molecular weight excluding hydrogens is 393 g/mol. The Balaban J connectivity index is 1.68. The number of nitrogens with one attached hydrogen (secondary N) is 3. The molecule has 158 valence electrons. The minimum absolute atomic E-state index is 0.0737. The molecule has 6 nitrogen and oxygen atoms in total. The van der Waals surface area contributed by atoms with Gasteiger partial charge < -0.3 is 20.2 Å². The van der Waals surface area contributed by atoms with E-state index in [0.717, 1.165) is 53.4 Å². The molecule has 7 heteroatoms. The molecule has 30 heavy (non-hydrogen) atoms. The number of benzene rings is 1. The molecule has 5 rings (SSSR count). The summed E-state index contributed by atoms with van der Waals surface area (Å²) in [6.07, 6.45) is 5.15. The van der Waals surface area contributed by atoms with E-state index in [1.165, 1.54) is 17.7 Å². The van der Waals surface area contributed by atoms with E-state index >= 15 is 0 Å². The van der Waals surface area contributed by atoms with Crippen LogP contribution in [-0.4, -0.2) is 47.4 Å². The first-order valence-electron chi connectivity index (χ1n) is 10.8. The maximum Gasteiger partial charge on any atom is 0.223 e. The monoisotopic (exact) mass is 423 g/mol. The molecule has 1 atom stereocenters. The first-order valence-corrected chi connectivity index (χ1v) is 13.4. The first kappa shape index (κ1) is 19.8. The van der Waals surface area contributed by atoms with Gasteiger partial charge in [0.05, 0.1) is 11.2 Å². The summed E-state index contributed by atoms with van der Waals surface area (Å²) in [4.78, 5) is 13.3. The van der Waals surface area contributed by atoms with Crippen molar-refractivity contribution in [3.63, 3.8) is 0 Å². The second-order valence-corrected chi connectivity index (χ2v) is 12.9. The molecule has 0 saturated carbocycles. The van der Waals surface area contributed by atoms with Gasteiger partial charge in [-0.05, 0) is 50.8 Å². The summed E-state index contributed by atoms with van der Waals surface area (Å²) in [5.41, 5.74) is 5.39. The second kappa shape index (κ2) is 6.93. The Kier molecular flexibility index (Phi) is 4.57. The van der Waals surface area contributed by atoms with Gasteiger partial charge in [0, 0.05) is 46.1 Å². The molecule has 0 amide bonds. The number of H-pyrrole nitrogens is 1. The van der Waals surface area contributed by atoms with Crippen LogP contribution in [0.15, 0.2) is 24.4 Å². The fraction of sp³-hybridized carbons (Fsp3) is 0.478. The Morgan fingerprint density at radius 1 is 1.27 bits per heavy atom. The van der Waals surface area contributed by atoms with Gasteiger partial charge in [0.15, 0.2) is 0 Å². The molecule has 1 fully saturated rings. The zero-order valence-electron chi connectivity index (χ0n) is 18.2. The van der Waals surface area contributed by atoms with Crippen molar-refractivity contribution in [3.8, 4) is 11.3 Å². The number of rotatable bonds is 3. The summed E-state index contributed by atoms with van der Waals surface area (Å²) >= 11 is 0. The highest BCUT2D eigenvalue weighted by Crippen LogP contribution is 2.47. The quantitative estimate of drug-likeness (QED) is 0.557. The molecule has 0 spiro atoms. The molecule has 0 unspecified atom stereocenters. The number of anilines is 1. The van der Waals surface area contributed by atoms with Crippen LogP contribution >= 0.6 is 7.14 Å². The van der Waals surface area contributed by atoms with Crippen LogP contribution in [-0.2, 0) is 16.4 Å². The number of hydrogen-bond acceptors (Lipinski definition) is 5. The van der Waals surface area contributed by atoms with Crippen molar-refractivity contribution >= 4 is 29.3 Å². The van der Waals surface area contributed by atoms with Gasteiger partial charge in [0.25, 0.3) is 0 Å². The zero-order valence-corrected chi connectivity index (χ0v) is 19.1. The lowest BCUT2D eigenvalue weighted by Crippen LogP contribution is -2.39. The summed E-state index contributed by atoms with van der Waals surface area (Å²) < 4.78 is 13.0. The number of para-hydroxylation sites is 1. The van der Waals surface area contributed by atoms with Crippen molar-refractivity contribution in [1.29, 1.82) is 0 Å². The van der Waals surface area contributed by atoms with Gasteiger partial charge in [0.2, 0.25) is 5.95 Å². The van der Waals surface area contributed by atoms with E-state index in [1.807, 2.05) is 31.7 Å². The summed E-state index contributed by atoms with van der Waals surface area (Å²) in [6.45, 7) is 10.2. The third kappa shape index (κ3) is 3.27. The largest absolute Gasteiger partial charge is 0.357 e. The Bertz CT molecular complexity index is 1170. The van der Waals surface area contributed by atoms with Gasteiger partial charge in [0.1, 0.15) is 7.14 Å². The van der Waals surface area contributed by atoms with E-state index in [2.05, 4.69) is 40.5 Å². The SMILES string of the molecule is CC1(C)Cc2cnc(N[C@H]3CCCNC3)nc2-c2c1[nH]c1c(P(C)(C)=O)cccc21. The predicted molar refractivity (Wildman–Crippen MR) is 125 cm³/mol. The molecule has 2 aliphatic rings. The van der Waals surface area contributed by atoms with Gasteiger partial charge in [-0.2, -0.15) is 0 Å². The van der Waals surface area contributed by atoms with Crippen LogP contribution < -0.4 is 15.9 Å². The molecule has 3 aromatic rings. The van der Waals surface area contributed by atoms with Gasteiger partial charge >= 0.3 is 0 Å². The minimum Gasteiger partial charge on any atom is -0.357 e. The van der Waals surface area contributed by atoms with Crippen molar-refractivity contribution in [2.45, 2.75) is 44.6 Å². The maximum atomic E-state index is 13.0. The molecule has 1 aliphatic carbocycles. The van der Waals surface area contributed by atoms with Crippen LogP contribution in [0.2, 0.25) is 0 Å². The average molecular weight is 424 g/mol. The number of aromatic amines is 1. The number of piperidine rings is 1. The fourth-order valence-corrected chi connectivity index (χ4v) is 6.11. The lowest BCUT2D eigenvalue weighted by Gasteiger charge is -2.31. The molecule has 0 radical (unpaired) electrons. The van der Waals surface area contributed by atoms with Crippen LogP contribution in [0.25, 0.3) is 22.2 Å². The van der Waals surface area contributed by atoms with E-state index in [9.17, 15) is 4.57 Å². The number of hydrogen-bond donors (Lipinski definition) is 3. The highest BCUT2D eigenvalue weighted by atomic mass is 31.2. The summed E-state index contributed by atoms with van der Waals surface area (Å²) in [5.74, 6) is 0.690. The number of nitrogens with zero attached hydrogens (tertiary/aromatic N) is 2. The minimum atomic E-state index is -2.41. The average Bonchev–Trinajstić information content (AvgIpc) is 3.09. The normalized spacial score (nSPS) is 20.6. The van der Waals surface area contributed by atoms with Crippen molar-refractivity contribution in [3.05, 3.63) is 35.7 Å². The smallest absolute Gasteiger partial charge is 0.223 e. The van der Waals surface area contributed by atoms with Gasteiger partial charge in [-0.1, -0.05) is 26.0 Å². The maximum absolute atomic E-state index is 13.0. The van der Waals surface area contributed by atoms with Crippen LogP contribution in [0.4, 0.5) is 5.95 Å². The lowest BCUT2D eigenvalue weighted by molar-refractivity contribution is 0.477. The van der Waals surface area contributed by atoms with Gasteiger partial charge in [-0.25, -0.2) is 9.97 Å². The van der Waals surface area contributed by atoms with Crippen LogP contribution in [0.1, 0.15) is 37.9 Å². The standard InChI is InChI=1S/C23H30N5OP/c1-23(2)11-14-12-25-22(26-15-7-6-10-24-13-15)28-19(14)18-16-8-5-9-17(30(3,4)29)20(16)27-21(18)23/h5,8-9,12,15,24,27H,6-7,10-11,13H2,1-4H3,(H,25,26,28)/t15-/m0/s1. The van der Waals surface area contributed by atoms with Crippen molar-refractivity contribution < 1.29 is 4.57 Å². The third-order valence-corrected chi connectivity index (χ3v) is 7.97. The van der Waals surface area contributed by atoms with E-state index < -0.39 is 7.14 Å². The van der Waals surface area contributed by atoms with Crippen molar-refractivity contribution in [1.82, 2.24) is 20.3 Å². The molecule has 1 aromatic carbocycles. The molecule has 0 bridgehead atoms. The fourth-order valence-electron chi connectivity index (χ4n) is 4.95. The second-order valence-electron chi connectivity index (χ2n) is 9.74. The summed E-state index contributed by atoms with van der Waals surface area (Å²) in [7, 11) is -2.41. The Hall–Kier alpha value is -2.17. The zero-order chi connectivity index (χ0) is 21.1. The van der Waals surface area contributed by atoms with Crippen LogP contribution in [0.3, 0.4) is 0 Å². The molecule has 2 aromatic heterocycles. The van der Waals surface area contributed by atoms with Crippen LogP contribution in [0, 0.1) is 0 Å². The molecule has 1 saturated heterocycles. The van der Waals surface area contributed by atoms with E-state index in [1.54, 1.807) is 0 Å². The number of aromatic nitrogens is 3. The van der Waals surface area contributed by atoms with Crippen LogP contribution in [0.5, 0.6) is 0 Å². The highest BCUT2D eigenvalue weighted by Gasteiger charge is 2.36. The third-order valence-electron chi connectivity index (χ3n) is 6.43. The first-order chi connectivity index (χ1) is 14.2. The van der Waals surface area contributed by atoms with E-state index in [-0.39, 0.29) is 5.41 Å². The Morgan fingerprint density at radius 3 is 2.83 bits per heavy atom. The predicted octanol–water partition coefficient (Wildman–Crippen LogP) is 3.87. The van der Waals surface area contributed by atoms with E-state index in [0.29, 0.717) is 12.0 Å². The van der Waals surface area contributed by atoms with Crippen molar-refractivity contribution in [2.24, 2.45) is 0 Å². The lowest BCUT2D eigenvalue weighted by atomic mass is 9.75. The number of fused-ring (bicyclic) bond motifs is 5. The Labute approximate surface area is 177 Å². The molecule has 3 heterocycles. The Morgan fingerprint density at radius 2 is 2.10 bits per heavy atom. The van der Waals surface area contributed by atoms with Gasteiger partial charge in [-0.3, -0.25) is 0 Å². The summed E-state index contributed by atoms with van der Waals surface area (Å²) in [5, 5.41) is 8.96. The van der Waals surface area contributed by atoms with Crippen molar-refractivity contribution in [2.75, 3.05) is 31.7 Å². The molecule has 1 aliphatic heterocycles. The topological polar surface area (TPSA) is 82.7 Å².